The number of nitrogens with one attached hydrogen (secondary N) is 2. The molecule has 0 amide bonds. The van der Waals surface area contributed by atoms with Crippen LogP contribution in [-0.2, 0) is 0 Å². The van der Waals surface area contributed by atoms with Crippen LogP contribution < -0.4 is 20.4 Å². The monoisotopic (exact) mass is 704 g/mol. The van der Waals surface area contributed by atoms with Crippen LogP contribution in [0.25, 0.3) is 11.1 Å². The van der Waals surface area contributed by atoms with Gasteiger partial charge >= 0.3 is 0 Å². The number of hydrogen-bond donors (Lipinski definition) is 2. The topological polar surface area (TPSA) is 30.5 Å². The summed E-state index contributed by atoms with van der Waals surface area (Å²) >= 11 is 7.78. The van der Waals surface area contributed by atoms with Crippen LogP contribution in [0, 0.1) is 0 Å². The highest BCUT2D eigenvalue weighted by Crippen LogP contribution is 2.51. The highest BCUT2D eigenvalue weighted by atomic mass is 35.5. The van der Waals surface area contributed by atoms with Crippen molar-refractivity contribution in [2.45, 2.75) is 0 Å². The van der Waals surface area contributed by atoms with E-state index in [2.05, 4.69) is 172 Å². The van der Waals surface area contributed by atoms with Gasteiger partial charge in [0.25, 0.3) is 0 Å². The van der Waals surface area contributed by atoms with Crippen LogP contribution in [0.3, 0.4) is 0 Å². The summed E-state index contributed by atoms with van der Waals surface area (Å²) in [4.78, 5) is 4.47. The first-order valence-corrected chi connectivity index (χ1v) is 18.0. The number of halogens is 1. The number of benzene rings is 8. The molecule has 0 aliphatic heterocycles. The molecule has 5 heteroatoms. The SMILES string of the molecule is Clc1c(N(c2ccccc2)c2ccccc2)cc(-c2c(Nc3ccccc3)cccc2Nc2ccccc2)cc1N(c1ccccc1)c1ccccc1. The molecule has 0 saturated carbocycles. The Bertz CT molecular complexity index is 2150. The van der Waals surface area contributed by atoms with Gasteiger partial charge in [-0.2, -0.15) is 0 Å². The van der Waals surface area contributed by atoms with Gasteiger partial charge in [-0.3, -0.25) is 0 Å². The van der Waals surface area contributed by atoms with Gasteiger partial charge in [0.1, 0.15) is 0 Å². The molecule has 8 aromatic rings. The van der Waals surface area contributed by atoms with Gasteiger partial charge in [0, 0.05) is 51.1 Å². The van der Waals surface area contributed by atoms with Crippen LogP contribution in [0.2, 0.25) is 5.02 Å². The van der Waals surface area contributed by atoms with E-state index < -0.39 is 0 Å². The van der Waals surface area contributed by atoms with Gasteiger partial charge in [-0.15, -0.1) is 0 Å². The molecule has 0 heterocycles. The molecule has 0 aliphatic carbocycles. The van der Waals surface area contributed by atoms with E-state index in [1.165, 1.54) is 0 Å². The largest absolute Gasteiger partial charge is 0.355 e. The van der Waals surface area contributed by atoms with Gasteiger partial charge < -0.3 is 20.4 Å². The van der Waals surface area contributed by atoms with Crippen molar-refractivity contribution in [3.8, 4) is 11.1 Å². The van der Waals surface area contributed by atoms with Gasteiger partial charge in [-0.05, 0) is 103 Å². The quantitative estimate of drug-likeness (QED) is 0.140. The Balaban J connectivity index is 1.44. The van der Waals surface area contributed by atoms with Crippen molar-refractivity contribution in [3.05, 3.63) is 217 Å². The van der Waals surface area contributed by atoms with Crippen LogP contribution in [0.1, 0.15) is 0 Å². The Morgan fingerprint density at radius 2 is 0.642 bits per heavy atom. The maximum Gasteiger partial charge on any atom is 0.0887 e. The van der Waals surface area contributed by atoms with E-state index in [-0.39, 0.29) is 0 Å². The zero-order valence-corrected chi connectivity index (χ0v) is 29.7. The Morgan fingerprint density at radius 3 is 0.962 bits per heavy atom. The first kappa shape index (κ1) is 33.4. The van der Waals surface area contributed by atoms with E-state index in [9.17, 15) is 0 Å². The lowest BCUT2D eigenvalue weighted by Gasteiger charge is -2.32. The van der Waals surface area contributed by atoms with Crippen molar-refractivity contribution in [3.63, 3.8) is 0 Å². The third-order valence-corrected chi connectivity index (χ3v) is 9.42. The molecule has 2 N–H and O–H groups in total. The summed E-state index contributed by atoms with van der Waals surface area (Å²) in [6.07, 6.45) is 0. The number of rotatable bonds is 11. The van der Waals surface area contributed by atoms with Gasteiger partial charge in [0.15, 0.2) is 0 Å². The Labute approximate surface area is 316 Å². The summed E-state index contributed by atoms with van der Waals surface area (Å²) in [5.74, 6) is 0. The minimum Gasteiger partial charge on any atom is -0.355 e. The highest BCUT2D eigenvalue weighted by molar-refractivity contribution is 6.37. The fraction of sp³-hybridized carbons (Fsp3) is 0. The molecule has 4 nitrogen and oxygen atoms in total. The average molecular weight is 705 g/mol. The molecule has 0 bridgehead atoms. The fourth-order valence-corrected chi connectivity index (χ4v) is 6.93. The molecule has 8 rings (SSSR count). The molecule has 256 valence electrons. The third kappa shape index (κ3) is 7.36. The smallest absolute Gasteiger partial charge is 0.0887 e. The molecule has 8 aromatic carbocycles. The van der Waals surface area contributed by atoms with Crippen molar-refractivity contribution in [2.24, 2.45) is 0 Å². The van der Waals surface area contributed by atoms with Crippen LogP contribution >= 0.6 is 11.6 Å². The lowest BCUT2D eigenvalue weighted by atomic mass is 9.97. The summed E-state index contributed by atoms with van der Waals surface area (Å²) in [6, 6.07) is 72.9. The van der Waals surface area contributed by atoms with Crippen LogP contribution in [0.4, 0.5) is 56.9 Å². The van der Waals surface area contributed by atoms with Crippen LogP contribution in [0.15, 0.2) is 212 Å². The lowest BCUT2D eigenvalue weighted by Crippen LogP contribution is -2.15. The van der Waals surface area contributed by atoms with E-state index >= 15 is 0 Å². The number of nitrogens with zero attached hydrogens (tertiary/aromatic N) is 2. The van der Waals surface area contributed by atoms with Crippen LogP contribution in [-0.4, -0.2) is 0 Å². The van der Waals surface area contributed by atoms with Crippen molar-refractivity contribution in [1.82, 2.24) is 0 Å². The molecule has 0 unspecified atom stereocenters. The molecular formula is C48H37ClN4. The molecule has 0 radical (unpaired) electrons. The summed E-state index contributed by atoms with van der Waals surface area (Å²) < 4.78 is 0. The Morgan fingerprint density at radius 1 is 0.340 bits per heavy atom. The molecule has 0 atom stereocenters. The zero-order valence-electron chi connectivity index (χ0n) is 29.0. The summed E-state index contributed by atoms with van der Waals surface area (Å²) in [5.41, 5.74) is 11.5. The highest BCUT2D eigenvalue weighted by Gasteiger charge is 2.25. The molecule has 0 aliphatic rings. The molecular weight excluding hydrogens is 668 g/mol. The van der Waals surface area contributed by atoms with Crippen molar-refractivity contribution >= 4 is 68.5 Å². The minimum atomic E-state index is 0.611. The zero-order chi connectivity index (χ0) is 35.8. The molecule has 0 saturated heterocycles. The predicted molar refractivity (Wildman–Crippen MR) is 226 cm³/mol. The van der Waals surface area contributed by atoms with Crippen LogP contribution in [0.5, 0.6) is 0 Å². The second-order valence-corrected chi connectivity index (χ2v) is 12.9. The van der Waals surface area contributed by atoms with Crippen molar-refractivity contribution < 1.29 is 0 Å². The summed E-state index contributed by atoms with van der Waals surface area (Å²) in [7, 11) is 0. The maximum absolute atomic E-state index is 7.78. The van der Waals surface area contributed by atoms with E-state index in [1.807, 2.05) is 60.7 Å². The number of hydrogen-bond acceptors (Lipinski definition) is 4. The first-order chi connectivity index (χ1) is 26.2. The third-order valence-electron chi connectivity index (χ3n) is 9.03. The Kier molecular flexibility index (Phi) is 9.86. The van der Waals surface area contributed by atoms with Gasteiger partial charge in [-0.25, -0.2) is 0 Å². The summed E-state index contributed by atoms with van der Waals surface area (Å²) in [5, 5.41) is 8.08. The van der Waals surface area contributed by atoms with Crippen molar-refractivity contribution in [1.29, 1.82) is 0 Å². The van der Waals surface area contributed by atoms with Gasteiger partial charge in [0.05, 0.1) is 16.4 Å². The van der Waals surface area contributed by atoms with Gasteiger partial charge in [0.2, 0.25) is 0 Å². The Hall–Kier alpha value is -6.75. The first-order valence-electron chi connectivity index (χ1n) is 17.6. The molecule has 0 spiro atoms. The molecule has 0 fully saturated rings. The second-order valence-electron chi connectivity index (χ2n) is 12.6. The average Bonchev–Trinajstić information content (AvgIpc) is 3.22. The minimum absolute atomic E-state index is 0.611. The summed E-state index contributed by atoms with van der Waals surface area (Å²) in [6.45, 7) is 0. The standard InChI is InChI=1S/C48H37ClN4/c49-48-45(52(39-24-11-3-12-25-39)40-26-13-4-14-27-40)34-36(35-46(48)53(41-28-15-5-16-29-41)42-30-17-6-18-31-42)47-43(50-37-20-7-1-8-21-37)32-19-33-44(47)51-38-22-9-2-10-23-38/h1-35,50-51H. The fourth-order valence-electron chi connectivity index (χ4n) is 6.65. The van der Waals surface area contributed by atoms with Crippen molar-refractivity contribution in [2.75, 3.05) is 20.4 Å². The molecule has 0 aromatic heterocycles. The van der Waals surface area contributed by atoms with E-state index in [1.54, 1.807) is 0 Å². The normalized spacial score (nSPS) is 10.7. The lowest BCUT2D eigenvalue weighted by molar-refractivity contribution is 1.25. The maximum atomic E-state index is 7.78. The number of para-hydroxylation sites is 6. The van der Waals surface area contributed by atoms with E-state index in [0.717, 1.165) is 68.0 Å². The van der Waals surface area contributed by atoms with E-state index in [0.29, 0.717) is 5.02 Å². The number of anilines is 10. The molecule has 53 heavy (non-hydrogen) atoms. The van der Waals surface area contributed by atoms with E-state index in [4.69, 9.17) is 11.6 Å². The second kappa shape index (κ2) is 15.6. The predicted octanol–water partition coefficient (Wildman–Crippen LogP) is 14.4. The van der Waals surface area contributed by atoms with Gasteiger partial charge in [-0.1, -0.05) is 127 Å².